The molecule has 0 saturated carbocycles. The van der Waals surface area contributed by atoms with Gasteiger partial charge in [0.25, 0.3) is 5.91 Å². The van der Waals surface area contributed by atoms with Crippen molar-refractivity contribution in [3.05, 3.63) is 93.6 Å². The quantitative estimate of drug-likeness (QED) is 0.384. The first-order chi connectivity index (χ1) is 15.4. The van der Waals surface area contributed by atoms with Crippen LogP contribution in [0.1, 0.15) is 21.6 Å². The summed E-state index contributed by atoms with van der Waals surface area (Å²) in [6.07, 6.45) is 0.0711. The van der Waals surface area contributed by atoms with Crippen molar-refractivity contribution in [2.75, 3.05) is 12.4 Å². The monoisotopic (exact) mass is 466 g/mol. The van der Waals surface area contributed by atoms with Crippen molar-refractivity contribution in [1.29, 1.82) is 0 Å². The number of anilines is 1. The zero-order valence-electron chi connectivity index (χ0n) is 17.5. The highest BCUT2D eigenvalue weighted by molar-refractivity contribution is 6.33. The molecule has 0 aliphatic rings. The second-order valence-electron chi connectivity index (χ2n) is 7.30. The molecule has 0 fully saturated rings. The van der Waals surface area contributed by atoms with E-state index in [-0.39, 0.29) is 18.2 Å². The van der Waals surface area contributed by atoms with E-state index in [2.05, 4.69) is 5.32 Å². The van der Waals surface area contributed by atoms with Gasteiger partial charge in [-0.2, -0.15) is 0 Å². The third-order valence-corrected chi connectivity index (χ3v) is 5.90. The molecular weight excluding hydrogens is 447 g/mol. The average molecular weight is 467 g/mol. The van der Waals surface area contributed by atoms with Crippen molar-refractivity contribution in [2.24, 2.45) is 0 Å². The topological polar surface area (TPSA) is 60.3 Å². The fourth-order valence-corrected chi connectivity index (χ4v) is 4.02. The summed E-state index contributed by atoms with van der Waals surface area (Å²) in [6, 6.07) is 19.2. The van der Waals surface area contributed by atoms with Gasteiger partial charge >= 0.3 is 0 Å². The lowest BCUT2D eigenvalue weighted by Crippen LogP contribution is -2.17. The summed E-state index contributed by atoms with van der Waals surface area (Å²) >= 11 is 12.1. The summed E-state index contributed by atoms with van der Waals surface area (Å²) in [5.74, 6) is 0.204. The van der Waals surface area contributed by atoms with E-state index in [1.807, 2.05) is 19.1 Å². The number of amides is 1. The van der Waals surface area contributed by atoms with Crippen molar-refractivity contribution in [3.63, 3.8) is 0 Å². The summed E-state index contributed by atoms with van der Waals surface area (Å²) in [5.41, 5.74) is 3.16. The highest BCUT2D eigenvalue weighted by Gasteiger charge is 2.22. The van der Waals surface area contributed by atoms with Crippen LogP contribution >= 0.6 is 23.2 Å². The Bertz CT molecular complexity index is 1330. The molecule has 5 nitrogen and oxygen atoms in total. The maximum atomic E-state index is 13.4. The number of nitrogens with one attached hydrogen (secondary N) is 1. The van der Waals surface area contributed by atoms with Gasteiger partial charge in [0.05, 0.1) is 29.8 Å². The molecule has 1 aromatic heterocycles. The molecule has 0 bridgehead atoms. The molecule has 0 aliphatic heterocycles. The molecule has 162 valence electrons. The number of ether oxygens (including phenoxy) is 1. The number of para-hydroxylation sites is 1. The molecule has 4 aromatic rings. The maximum absolute atomic E-state index is 13.4. The molecule has 0 aliphatic carbocycles. The van der Waals surface area contributed by atoms with E-state index in [1.54, 1.807) is 66.3 Å². The number of methoxy groups -OCH3 is 1. The van der Waals surface area contributed by atoms with Crippen LogP contribution in [0.2, 0.25) is 10.0 Å². The molecule has 3 aromatic carbocycles. The smallest absolute Gasteiger partial charge is 0.262 e. The number of benzene rings is 3. The number of aromatic nitrogens is 1. The summed E-state index contributed by atoms with van der Waals surface area (Å²) in [4.78, 5) is 26.2. The Morgan fingerprint density at radius 3 is 2.41 bits per heavy atom. The molecule has 0 radical (unpaired) electrons. The third-order valence-electron chi connectivity index (χ3n) is 5.32. The molecule has 7 heteroatoms. The van der Waals surface area contributed by atoms with E-state index in [1.165, 1.54) is 0 Å². The van der Waals surface area contributed by atoms with Gasteiger partial charge in [0.2, 0.25) is 5.91 Å². The number of halogens is 2. The predicted molar refractivity (Wildman–Crippen MR) is 128 cm³/mol. The fraction of sp³-hybridized carbons (Fsp3) is 0.120. The second-order valence-corrected chi connectivity index (χ2v) is 8.14. The number of hydrogen-bond acceptors (Lipinski definition) is 3. The zero-order valence-corrected chi connectivity index (χ0v) is 19.0. The van der Waals surface area contributed by atoms with Crippen molar-refractivity contribution >= 4 is 51.6 Å². The highest BCUT2D eigenvalue weighted by atomic mass is 35.5. The molecule has 1 heterocycles. The van der Waals surface area contributed by atoms with Crippen LogP contribution < -0.4 is 10.1 Å². The standard InChI is InChI=1S/C25H20Cl2N2O3/c1-15-19(14-24(30)28-22-6-4-3-5-21(22)27)20-13-18(32-2)11-12-23(20)29(15)25(31)16-7-9-17(26)10-8-16/h3-13H,14H2,1-2H3,(H,28,30). The number of rotatable bonds is 5. The zero-order chi connectivity index (χ0) is 22.8. The van der Waals surface area contributed by atoms with Gasteiger partial charge in [-0.05, 0) is 67.1 Å². The van der Waals surface area contributed by atoms with E-state index >= 15 is 0 Å². The van der Waals surface area contributed by atoms with Crippen LogP contribution in [0.15, 0.2) is 66.7 Å². The van der Waals surface area contributed by atoms with Crippen LogP contribution in [-0.4, -0.2) is 23.5 Å². The van der Waals surface area contributed by atoms with Gasteiger partial charge in [0, 0.05) is 21.7 Å². The van der Waals surface area contributed by atoms with Crippen molar-refractivity contribution in [1.82, 2.24) is 4.57 Å². The molecule has 0 unspecified atom stereocenters. The number of nitrogens with zero attached hydrogens (tertiary/aromatic N) is 1. The van der Waals surface area contributed by atoms with Crippen molar-refractivity contribution < 1.29 is 14.3 Å². The SMILES string of the molecule is COc1ccc2c(c1)c(CC(=O)Nc1ccccc1Cl)c(C)n2C(=O)c1ccc(Cl)cc1. The first kappa shape index (κ1) is 21.9. The predicted octanol–water partition coefficient (Wildman–Crippen LogP) is 6.13. The molecule has 1 amide bonds. The number of carbonyl (C=O) groups is 2. The van der Waals surface area contributed by atoms with Crippen LogP contribution in [0.5, 0.6) is 5.75 Å². The van der Waals surface area contributed by atoms with Gasteiger partial charge in [0.1, 0.15) is 5.75 Å². The van der Waals surface area contributed by atoms with E-state index in [9.17, 15) is 9.59 Å². The molecular formula is C25H20Cl2N2O3. The summed E-state index contributed by atoms with van der Waals surface area (Å²) < 4.78 is 7.00. The Morgan fingerprint density at radius 2 is 1.72 bits per heavy atom. The van der Waals surface area contributed by atoms with Gasteiger partial charge < -0.3 is 10.1 Å². The van der Waals surface area contributed by atoms with E-state index < -0.39 is 0 Å². The van der Waals surface area contributed by atoms with E-state index in [0.29, 0.717) is 38.3 Å². The van der Waals surface area contributed by atoms with Crippen LogP contribution in [0.3, 0.4) is 0 Å². The Hall–Kier alpha value is -3.28. The normalized spacial score (nSPS) is 10.9. The average Bonchev–Trinajstić information content (AvgIpc) is 3.06. The van der Waals surface area contributed by atoms with Gasteiger partial charge in [-0.25, -0.2) is 0 Å². The van der Waals surface area contributed by atoms with Crippen molar-refractivity contribution in [2.45, 2.75) is 13.3 Å². The lowest BCUT2D eigenvalue weighted by molar-refractivity contribution is -0.115. The Kier molecular flexibility index (Phi) is 6.21. The van der Waals surface area contributed by atoms with E-state index in [4.69, 9.17) is 27.9 Å². The van der Waals surface area contributed by atoms with Gasteiger partial charge in [-0.15, -0.1) is 0 Å². The fourth-order valence-electron chi connectivity index (χ4n) is 3.71. The molecule has 4 rings (SSSR count). The molecule has 1 N–H and O–H groups in total. The van der Waals surface area contributed by atoms with Gasteiger partial charge in [0.15, 0.2) is 0 Å². The third kappa shape index (κ3) is 4.22. The lowest BCUT2D eigenvalue weighted by atomic mass is 10.1. The van der Waals surface area contributed by atoms with Gasteiger partial charge in [-0.3, -0.25) is 14.2 Å². The summed E-state index contributed by atoms with van der Waals surface area (Å²) in [5, 5.41) is 4.63. The summed E-state index contributed by atoms with van der Waals surface area (Å²) in [6.45, 7) is 1.83. The van der Waals surface area contributed by atoms with Crippen LogP contribution in [0, 0.1) is 6.92 Å². The minimum absolute atomic E-state index is 0.0711. The largest absolute Gasteiger partial charge is 0.497 e. The maximum Gasteiger partial charge on any atom is 0.262 e. The van der Waals surface area contributed by atoms with Crippen LogP contribution in [-0.2, 0) is 11.2 Å². The first-order valence-electron chi connectivity index (χ1n) is 9.91. The Morgan fingerprint density at radius 1 is 1.00 bits per heavy atom. The van der Waals surface area contributed by atoms with Crippen molar-refractivity contribution in [3.8, 4) is 5.75 Å². The Balaban J connectivity index is 1.77. The minimum atomic E-state index is -0.234. The minimum Gasteiger partial charge on any atom is -0.497 e. The lowest BCUT2D eigenvalue weighted by Gasteiger charge is -2.09. The first-order valence-corrected chi connectivity index (χ1v) is 10.7. The number of carbonyl (C=O) groups excluding carboxylic acids is 2. The molecule has 0 spiro atoms. The molecule has 32 heavy (non-hydrogen) atoms. The molecule has 0 atom stereocenters. The molecule has 0 saturated heterocycles. The highest BCUT2D eigenvalue weighted by Crippen LogP contribution is 2.31. The number of hydrogen-bond donors (Lipinski definition) is 1. The van der Waals surface area contributed by atoms with E-state index in [0.717, 1.165) is 10.9 Å². The van der Waals surface area contributed by atoms with Crippen LogP contribution in [0.25, 0.3) is 10.9 Å². The number of fused-ring (bicyclic) bond motifs is 1. The van der Waals surface area contributed by atoms with Crippen LogP contribution in [0.4, 0.5) is 5.69 Å². The Labute approximate surface area is 195 Å². The van der Waals surface area contributed by atoms with Gasteiger partial charge in [-0.1, -0.05) is 35.3 Å². The second kappa shape index (κ2) is 9.07. The summed E-state index contributed by atoms with van der Waals surface area (Å²) in [7, 11) is 1.58.